The van der Waals surface area contributed by atoms with Gasteiger partial charge in [-0.05, 0) is 19.4 Å². The van der Waals surface area contributed by atoms with Crippen molar-refractivity contribution in [2.24, 2.45) is 17.4 Å². The summed E-state index contributed by atoms with van der Waals surface area (Å²) >= 11 is 0. The molecule has 0 aromatic heterocycles. The highest BCUT2D eigenvalue weighted by Crippen LogP contribution is 2.05. The standard InChI is InChI=1S/C11H26N4/c1-10(7-12)8-14-3-5-15(6-4-14)9-11(2)13/h10-11H,3-9,12-13H2,1-2H3. The first kappa shape index (κ1) is 12.9. The van der Waals surface area contributed by atoms with Gasteiger partial charge in [-0.1, -0.05) is 6.92 Å². The van der Waals surface area contributed by atoms with Crippen LogP contribution in [0.4, 0.5) is 0 Å². The van der Waals surface area contributed by atoms with Crippen molar-refractivity contribution in [3.8, 4) is 0 Å². The molecule has 2 unspecified atom stereocenters. The zero-order valence-electron chi connectivity index (χ0n) is 10.2. The molecular weight excluding hydrogens is 188 g/mol. The van der Waals surface area contributed by atoms with E-state index in [9.17, 15) is 0 Å². The first-order valence-corrected chi connectivity index (χ1v) is 6.02. The van der Waals surface area contributed by atoms with Crippen LogP contribution in [0.15, 0.2) is 0 Å². The van der Waals surface area contributed by atoms with Crippen LogP contribution in [0.3, 0.4) is 0 Å². The van der Waals surface area contributed by atoms with Crippen molar-refractivity contribution < 1.29 is 0 Å². The zero-order valence-corrected chi connectivity index (χ0v) is 10.2. The minimum atomic E-state index is 0.291. The molecular formula is C11H26N4. The summed E-state index contributed by atoms with van der Waals surface area (Å²) in [4.78, 5) is 4.96. The second-order valence-corrected chi connectivity index (χ2v) is 4.92. The number of rotatable bonds is 5. The highest BCUT2D eigenvalue weighted by atomic mass is 15.3. The van der Waals surface area contributed by atoms with Gasteiger partial charge in [-0.3, -0.25) is 4.90 Å². The lowest BCUT2D eigenvalue weighted by molar-refractivity contribution is 0.117. The van der Waals surface area contributed by atoms with Crippen molar-refractivity contribution in [2.75, 3.05) is 45.8 Å². The van der Waals surface area contributed by atoms with Crippen LogP contribution < -0.4 is 11.5 Å². The molecule has 0 bridgehead atoms. The Kier molecular flexibility index (Phi) is 5.53. The highest BCUT2D eigenvalue weighted by Gasteiger charge is 2.18. The lowest BCUT2D eigenvalue weighted by atomic mass is 10.1. The van der Waals surface area contributed by atoms with Crippen molar-refractivity contribution in [3.63, 3.8) is 0 Å². The molecule has 4 nitrogen and oxygen atoms in total. The molecule has 0 radical (unpaired) electrons. The van der Waals surface area contributed by atoms with Crippen LogP contribution >= 0.6 is 0 Å². The van der Waals surface area contributed by atoms with Gasteiger partial charge >= 0.3 is 0 Å². The maximum Gasteiger partial charge on any atom is 0.0139 e. The van der Waals surface area contributed by atoms with Crippen molar-refractivity contribution in [2.45, 2.75) is 19.9 Å². The third-order valence-electron chi connectivity index (χ3n) is 2.98. The maximum absolute atomic E-state index is 5.79. The van der Waals surface area contributed by atoms with E-state index in [2.05, 4.69) is 23.6 Å². The molecule has 0 spiro atoms. The van der Waals surface area contributed by atoms with E-state index < -0.39 is 0 Å². The quantitative estimate of drug-likeness (QED) is 0.650. The Balaban J connectivity index is 2.18. The molecule has 15 heavy (non-hydrogen) atoms. The van der Waals surface area contributed by atoms with E-state index in [1.54, 1.807) is 0 Å². The Labute approximate surface area is 93.6 Å². The molecule has 0 aromatic rings. The lowest BCUT2D eigenvalue weighted by Crippen LogP contribution is -2.50. The smallest absolute Gasteiger partial charge is 0.0139 e. The average Bonchev–Trinajstić information content (AvgIpc) is 2.20. The summed E-state index contributed by atoms with van der Waals surface area (Å²) in [5.74, 6) is 0.616. The molecule has 0 saturated carbocycles. The molecule has 90 valence electrons. The van der Waals surface area contributed by atoms with Gasteiger partial charge in [0, 0.05) is 45.3 Å². The fraction of sp³-hybridized carbons (Fsp3) is 1.00. The van der Waals surface area contributed by atoms with Crippen LogP contribution in [0, 0.1) is 5.92 Å². The molecule has 0 amide bonds. The number of nitrogens with two attached hydrogens (primary N) is 2. The lowest BCUT2D eigenvalue weighted by Gasteiger charge is -2.36. The van der Waals surface area contributed by atoms with Gasteiger partial charge in [0.1, 0.15) is 0 Å². The Hall–Kier alpha value is -0.160. The zero-order chi connectivity index (χ0) is 11.3. The van der Waals surface area contributed by atoms with E-state index in [4.69, 9.17) is 11.5 Å². The van der Waals surface area contributed by atoms with Crippen LogP contribution in [0.25, 0.3) is 0 Å². The van der Waals surface area contributed by atoms with Crippen molar-refractivity contribution >= 4 is 0 Å². The van der Waals surface area contributed by atoms with Crippen LogP contribution in [0.1, 0.15) is 13.8 Å². The van der Waals surface area contributed by atoms with E-state index >= 15 is 0 Å². The highest BCUT2D eigenvalue weighted by molar-refractivity contribution is 4.75. The van der Waals surface area contributed by atoms with Gasteiger partial charge in [-0.15, -0.1) is 0 Å². The Morgan fingerprint density at radius 1 is 1.00 bits per heavy atom. The average molecular weight is 214 g/mol. The summed E-state index contributed by atoms with van der Waals surface area (Å²) in [6.07, 6.45) is 0. The molecule has 2 atom stereocenters. The Bertz CT molecular complexity index is 164. The summed E-state index contributed by atoms with van der Waals surface area (Å²) in [6.45, 7) is 11.9. The third-order valence-corrected chi connectivity index (χ3v) is 2.98. The van der Waals surface area contributed by atoms with E-state index in [0.717, 1.165) is 45.8 Å². The number of hydrogen-bond donors (Lipinski definition) is 2. The fourth-order valence-corrected chi connectivity index (χ4v) is 2.08. The molecule has 4 N–H and O–H groups in total. The van der Waals surface area contributed by atoms with Crippen molar-refractivity contribution in [3.05, 3.63) is 0 Å². The van der Waals surface area contributed by atoms with Crippen LogP contribution in [0.2, 0.25) is 0 Å². The SMILES string of the molecule is CC(N)CN1CCN(CC(C)CN)CC1. The molecule has 1 heterocycles. The van der Waals surface area contributed by atoms with Crippen LogP contribution in [-0.2, 0) is 0 Å². The molecule has 1 fully saturated rings. The summed E-state index contributed by atoms with van der Waals surface area (Å²) < 4.78 is 0. The van der Waals surface area contributed by atoms with Gasteiger partial charge in [0.2, 0.25) is 0 Å². The predicted octanol–water partition coefficient (Wildman–Crippen LogP) is -0.454. The van der Waals surface area contributed by atoms with Crippen LogP contribution in [-0.4, -0.2) is 61.7 Å². The summed E-state index contributed by atoms with van der Waals surface area (Å²) in [5, 5.41) is 0. The topological polar surface area (TPSA) is 58.5 Å². The van der Waals surface area contributed by atoms with Gasteiger partial charge in [-0.2, -0.15) is 0 Å². The molecule has 0 aromatic carbocycles. The predicted molar refractivity (Wildman–Crippen MR) is 64.7 cm³/mol. The molecule has 0 aliphatic carbocycles. The normalized spacial score (nSPS) is 24.0. The monoisotopic (exact) mass is 214 g/mol. The first-order valence-electron chi connectivity index (χ1n) is 6.02. The number of piperazine rings is 1. The second kappa shape index (κ2) is 6.43. The van der Waals surface area contributed by atoms with Gasteiger partial charge in [0.25, 0.3) is 0 Å². The largest absolute Gasteiger partial charge is 0.330 e. The number of hydrogen-bond acceptors (Lipinski definition) is 4. The van der Waals surface area contributed by atoms with Crippen molar-refractivity contribution in [1.82, 2.24) is 9.80 Å². The summed E-state index contributed by atoms with van der Waals surface area (Å²) in [7, 11) is 0. The first-order chi connectivity index (χ1) is 7.11. The molecule has 1 rings (SSSR count). The summed E-state index contributed by atoms with van der Waals surface area (Å²) in [6, 6.07) is 0.291. The minimum Gasteiger partial charge on any atom is -0.330 e. The van der Waals surface area contributed by atoms with Gasteiger partial charge in [-0.25, -0.2) is 0 Å². The second-order valence-electron chi connectivity index (χ2n) is 4.92. The van der Waals surface area contributed by atoms with E-state index in [0.29, 0.717) is 12.0 Å². The van der Waals surface area contributed by atoms with E-state index in [1.165, 1.54) is 0 Å². The fourth-order valence-electron chi connectivity index (χ4n) is 2.08. The van der Waals surface area contributed by atoms with E-state index in [1.807, 2.05) is 0 Å². The molecule has 4 heteroatoms. The van der Waals surface area contributed by atoms with Gasteiger partial charge < -0.3 is 16.4 Å². The third kappa shape index (κ3) is 4.93. The Morgan fingerprint density at radius 3 is 1.87 bits per heavy atom. The summed E-state index contributed by atoms with van der Waals surface area (Å²) in [5.41, 5.74) is 11.4. The van der Waals surface area contributed by atoms with Crippen molar-refractivity contribution in [1.29, 1.82) is 0 Å². The maximum atomic E-state index is 5.79. The van der Waals surface area contributed by atoms with Crippen LogP contribution in [0.5, 0.6) is 0 Å². The molecule has 1 saturated heterocycles. The Morgan fingerprint density at radius 2 is 1.47 bits per heavy atom. The minimum absolute atomic E-state index is 0.291. The number of nitrogens with zero attached hydrogens (tertiary/aromatic N) is 2. The van der Waals surface area contributed by atoms with E-state index in [-0.39, 0.29) is 0 Å². The van der Waals surface area contributed by atoms with Gasteiger partial charge in [0.15, 0.2) is 0 Å². The molecule has 1 aliphatic rings. The van der Waals surface area contributed by atoms with Gasteiger partial charge in [0.05, 0.1) is 0 Å². The molecule has 1 aliphatic heterocycles.